The molecule has 0 radical (unpaired) electrons. The van der Waals surface area contributed by atoms with Gasteiger partial charge in [0.1, 0.15) is 5.75 Å². The van der Waals surface area contributed by atoms with Crippen molar-refractivity contribution in [1.29, 1.82) is 0 Å². The van der Waals surface area contributed by atoms with Crippen LogP contribution in [-0.4, -0.2) is 24.5 Å². The molecule has 0 aliphatic carbocycles. The Balaban J connectivity index is 2.29. The van der Waals surface area contributed by atoms with Gasteiger partial charge in [0, 0.05) is 5.69 Å². The normalized spacial score (nSPS) is 11.8. The van der Waals surface area contributed by atoms with E-state index in [9.17, 15) is 13.2 Å². The first-order valence-electron chi connectivity index (χ1n) is 7.17. The predicted molar refractivity (Wildman–Crippen MR) is 92.0 cm³/mol. The van der Waals surface area contributed by atoms with Crippen LogP contribution in [0.15, 0.2) is 40.0 Å². The smallest absolute Gasteiger partial charge is 0.340 e. The molecule has 1 heterocycles. The monoisotopic (exact) mass is 347 g/mol. The van der Waals surface area contributed by atoms with Crippen LogP contribution in [0, 0.1) is 13.8 Å². The summed E-state index contributed by atoms with van der Waals surface area (Å²) in [6.07, 6.45) is 0. The van der Waals surface area contributed by atoms with Crippen molar-refractivity contribution in [2.75, 3.05) is 12.8 Å². The highest BCUT2D eigenvalue weighted by atomic mass is 32.2. The van der Waals surface area contributed by atoms with Crippen LogP contribution in [0.25, 0.3) is 11.0 Å². The molecule has 3 N–H and O–H groups in total. The molecule has 0 bridgehead atoms. The highest BCUT2D eigenvalue weighted by Gasteiger charge is 2.23. The molecule has 0 aliphatic heterocycles. The molecule has 3 aromatic rings. The zero-order valence-electron chi connectivity index (χ0n) is 13.5. The lowest BCUT2D eigenvalue weighted by atomic mass is 10.2. The molecular formula is C16H17N3O4S. The van der Waals surface area contributed by atoms with Gasteiger partial charge >= 0.3 is 5.69 Å². The molecule has 0 unspecified atom stereocenters. The van der Waals surface area contributed by atoms with Crippen molar-refractivity contribution in [3.05, 3.63) is 51.9 Å². The number of H-pyrrole nitrogens is 1. The van der Waals surface area contributed by atoms with Crippen molar-refractivity contribution < 1.29 is 13.2 Å². The van der Waals surface area contributed by atoms with E-state index in [1.165, 1.54) is 25.3 Å². The first kappa shape index (κ1) is 16.1. The number of fused-ring (bicyclic) bond motifs is 1. The number of aromatic amines is 1. The Hall–Kier alpha value is -2.74. The molecule has 0 atom stereocenters. The topological polar surface area (TPSA) is 107 Å². The Morgan fingerprint density at radius 2 is 1.83 bits per heavy atom. The van der Waals surface area contributed by atoms with Gasteiger partial charge in [0.2, 0.25) is 0 Å². The minimum atomic E-state index is -4.07. The molecular weight excluding hydrogens is 330 g/mol. The average Bonchev–Trinajstić information content (AvgIpc) is 2.83. The van der Waals surface area contributed by atoms with E-state index in [1.54, 1.807) is 26.0 Å². The molecule has 0 spiro atoms. The molecule has 0 fully saturated rings. The van der Waals surface area contributed by atoms with Crippen LogP contribution >= 0.6 is 0 Å². The largest absolute Gasteiger partial charge is 0.496 e. The fourth-order valence-electron chi connectivity index (χ4n) is 2.61. The quantitative estimate of drug-likeness (QED) is 0.702. The molecule has 1 aromatic heterocycles. The van der Waals surface area contributed by atoms with Crippen LogP contribution in [0.3, 0.4) is 0 Å². The number of hydrogen-bond acceptors (Lipinski definition) is 5. The van der Waals surface area contributed by atoms with E-state index >= 15 is 0 Å². The summed E-state index contributed by atoms with van der Waals surface area (Å²) in [5, 5.41) is 0. The second-order valence-electron chi connectivity index (χ2n) is 5.56. The third-order valence-electron chi connectivity index (χ3n) is 3.93. The number of benzene rings is 2. The van der Waals surface area contributed by atoms with Crippen molar-refractivity contribution in [2.45, 2.75) is 18.7 Å². The summed E-state index contributed by atoms with van der Waals surface area (Å²) in [6, 6.07) is 7.56. The lowest BCUT2D eigenvalue weighted by molar-refractivity contribution is 0.411. The predicted octanol–water partition coefficient (Wildman–Crippen LogP) is 1.77. The maximum absolute atomic E-state index is 12.9. The SMILES string of the molecule is COc1ccc(S(=O)(=O)n2c(=O)[nH]c3cc(C)c(N)cc32)cc1C. The van der Waals surface area contributed by atoms with Gasteiger partial charge < -0.3 is 15.5 Å². The van der Waals surface area contributed by atoms with Gasteiger partial charge in [0.15, 0.2) is 0 Å². The van der Waals surface area contributed by atoms with E-state index < -0.39 is 15.7 Å². The van der Waals surface area contributed by atoms with Gasteiger partial charge in [0.05, 0.1) is 23.0 Å². The lowest BCUT2D eigenvalue weighted by Crippen LogP contribution is -2.25. The fraction of sp³-hybridized carbons (Fsp3) is 0.188. The summed E-state index contributed by atoms with van der Waals surface area (Å²) >= 11 is 0. The Morgan fingerprint density at radius 3 is 2.46 bits per heavy atom. The minimum Gasteiger partial charge on any atom is -0.496 e. The Morgan fingerprint density at radius 1 is 1.12 bits per heavy atom. The van der Waals surface area contributed by atoms with Crippen molar-refractivity contribution >= 4 is 26.7 Å². The zero-order chi connectivity index (χ0) is 17.6. The molecule has 126 valence electrons. The highest BCUT2D eigenvalue weighted by Crippen LogP contribution is 2.25. The number of imidazole rings is 1. The number of rotatable bonds is 3. The van der Waals surface area contributed by atoms with Crippen LogP contribution in [0.2, 0.25) is 0 Å². The summed E-state index contributed by atoms with van der Waals surface area (Å²) in [6.45, 7) is 3.52. The third kappa shape index (κ3) is 2.35. The number of aromatic nitrogens is 2. The Labute approximate surface area is 138 Å². The summed E-state index contributed by atoms with van der Waals surface area (Å²) in [7, 11) is -2.56. The number of nitrogens with zero attached hydrogens (tertiary/aromatic N) is 1. The van der Waals surface area contributed by atoms with Crippen LogP contribution in [0.5, 0.6) is 5.75 Å². The van der Waals surface area contributed by atoms with E-state index in [4.69, 9.17) is 10.5 Å². The van der Waals surface area contributed by atoms with Gasteiger partial charge in [-0.15, -0.1) is 0 Å². The van der Waals surface area contributed by atoms with Gasteiger partial charge in [-0.05, 0) is 55.3 Å². The van der Waals surface area contributed by atoms with Crippen LogP contribution < -0.4 is 16.2 Å². The first-order valence-corrected chi connectivity index (χ1v) is 8.61. The number of nitrogens with two attached hydrogens (primary N) is 1. The maximum atomic E-state index is 12.9. The maximum Gasteiger partial charge on any atom is 0.340 e. The number of nitrogens with one attached hydrogen (secondary N) is 1. The molecule has 0 saturated carbocycles. The molecule has 0 aliphatic rings. The molecule has 3 rings (SSSR count). The average molecular weight is 347 g/mol. The molecule has 0 amide bonds. The van der Waals surface area contributed by atoms with Gasteiger partial charge in [0.25, 0.3) is 10.0 Å². The summed E-state index contributed by atoms with van der Waals surface area (Å²) in [5.74, 6) is 0.570. The van der Waals surface area contributed by atoms with E-state index in [0.29, 0.717) is 22.5 Å². The number of aryl methyl sites for hydroxylation is 2. The second kappa shape index (κ2) is 5.41. The number of ether oxygens (including phenoxy) is 1. The highest BCUT2D eigenvalue weighted by molar-refractivity contribution is 7.90. The summed E-state index contributed by atoms with van der Waals surface area (Å²) in [4.78, 5) is 14.8. The van der Waals surface area contributed by atoms with Gasteiger partial charge in [-0.2, -0.15) is 3.97 Å². The Bertz CT molecular complexity index is 1110. The third-order valence-corrected chi connectivity index (χ3v) is 5.63. The first-order chi connectivity index (χ1) is 11.3. The molecule has 0 saturated heterocycles. The number of anilines is 1. The van der Waals surface area contributed by atoms with Crippen LogP contribution in [0.4, 0.5) is 5.69 Å². The molecule has 24 heavy (non-hydrogen) atoms. The number of nitrogen functional groups attached to an aromatic ring is 1. The summed E-state index contributed by atoms with van der Waals surface area (Å²) in [5.41, 5.74) is 7.60. The van der Waals surface area contributed by atoms with Crippen molar-refractivity contribution in [3.8, 4) is 5.75 Å². The minimum absolute atomic E-state index is 0.00273. The van der Waals surface area contributed by atoms with Crippen LogP contribution in [-0.2, 0) is 10.0 Å². The van der Waals surface area contributed by atoms with Crippen molar-refractivity contribution in [1.82, 2.24) is 8.96 Å². The molecule has 8 heteroatoms. The molecule has 2 aromatic carbocycles. The fourth-order valence-corrected chi connectivity index (χ4v) is 4.06. The summed E-state index contributed by atoms with van der Waals surface area (Å²) < 4.78 is 31.8. The van der Waals surface area contributed by atoms with Gasteiger partial charge in [-0.3, -0.25) is 0 Å². The van der Waals surface area contributed by atoms with Gasteiger partial charge in [-0.1, -0.05) is 0 Å². The van der Waals surface area contributed by atoms with Crippen molar-refractivity contribution in [3.63, 3.8) is 0 Å². The van der Waals surface area contributed by atoms with Crippen LogP contribution in [0.1, 0.15) is 11.1 Å². The van der Waals surface area contributed by atoms with Crippen molar-refractivity contribution in [2.24, 2.45) is 0 Å². The number of methoxy groups -OCH3 is 1. The number of hydrogen-bond donors (Lipinski definition) is 2. The van der Waals surface area contributed by atoms with E-state index in [1.807, 2.05) is 0 Å². The standard InChI is InChI=1S/C16H17N3O4S/c1-9-7-13-14(8-12(9)17)19(16(20)18-13)24(21,22)11-4-5-15(23-3)10(2)6-11/h4-8H,17H2,1-3H3,(H,18,20). The molecule has 7 nitrogen and oxygen atoms in total. The zero-order valence-corrected chi connectivity index (χ0v) is 14.3. The van der Waals surface area contributed by atoms with E-state index in [2.05, 4.69) is 4.98 Å². The lowest BCUT2D eigenvalue weighted by Gasteiger charge is -2.10. The Kier molecular flexibility index (Phi) is 3.64. The van der Waals surface area contributed by atoms with Gasteiger partial charge in [-0.25, -0.2) is 13.2 Å². The van der Waals surface area contributed by atoms with E-state index in [0.717, 1.165) is 9.54 Å². The second-order valence-corrected chi connectivity index (χ2v) is 7.34. The van der Waals surface area contributed by atoms with E-state index in [-0.39, 0.29) is 10.4 Å².